The molecule has 0 radical (unpaired) electrons. The van der Waals surface area contributed by atoms with E-state index in [9.17, 15) is 24.3 Å². The van der Waals surface area contributed by atoms with E-state index in [1.54, 1.807) is 24.6 Å². The van der Waals surface area contributed by atoms with Crippen molar-refractivity contribution in [2.24, 2.45) is 50.2 Å². The second-order valence-corrected chi connectivity index (χ2v) is 18.7. The van der Waals surface area contributed by atoms with Gasteiger partial charge in [0.2, 0.25) is 0 Å². The highest BCUT2D eigenvalue weighted by Gasteiger charge is 2.72. The number of aryl methyl sites for hydroxylation is 2. The fourth-order valence-corrected chi connectivity index (χ4v) is 12.6. The van der Waals surface area contributed by atoms with Gasteiger partial charge in [-0.1, -0.05) is 33.3 Å². The van der Waals surface area contributed by atoms with Gasteiger partial charge in [0, 0.05) is 11.6 Å². The topological polar surface area (TPSA) is 168 Å². The van der Waals surface area contributed by atoms with Crippen molar-refractivity contribution in [3.05, 3.63) is 51.2 Å². The predicted octanol–water partition coefficient (Wildman–Crippen LogP) is 7.55. The Balaban J connectivity index is 1.31. The third-order valence-electron chi connectivity index (χ3n) is 16.0. The number of fused-ring (bicyclic) bond motifs is 7. The molecule has 4 saturated carbocycles. The van der Waals surface area contributed by atoms with Gasteiger partial charge >= 0.3 is 23.7 Å². The molecule has 5 aliphatic carbocycles. The molecule has 4 fully saturated rings. The van der Waals surface area contributed by atoms with E-state index in [-0.39, 0.29) is 58.9 Å². The van der Waals surface area contributed by atoms with Crippen LogP contribution >= 0.6 is 0 Å². The lowest BCUT2D eigenvalue weighted by Crippen LogP contribution is -2.67. The zero-order chi connectivity index (χ0) is 39.4. The molecule has 1 N–H and O–H groups in total. The van der Waals surface area contributed by atoms with E-state index >= 15 is 4.79 Å². The molecule has 0 spiro atoms. The van der Waals surface area contributed by atoms with Gasteiger partial charge < -0.3 is 23.4 Å². The summed E-state index contributed by atoms with van der Waals surface area (Å²) < 4.78 is 23.3. The summed E-state index contributed by atoms with van der Waals surface area (Å²) >= 11 is 0. The largest absolute Gasteiger partial charge is 0.519 e. The number of esters is 2. The first-order valence-electron chi connectivity index (χ1n) is 19.7. The quantitative estimate of drug-likeness (QED) is 0.278. The van der Waals surface area contributed by atoms with Crippen LogP contribution in [0.25, 0.3) is 0 Å². The Morgan fingerprint density at radius 1 is 0.944 bits per heavy atom. The molecule has 294 valence electrons. The van der Waals surface area contributed by atoms with Crippen molar-refractivity contribution in [1.82, 2.24) is 9.78 Å². The predicted molar refractivity (Wildman–Crippen MR) is 195 cm³/mol. The highest BCUT2D eigenvalue weighted by molar-refractivity contribution is 5.96. The van der Waals surface area contributed by atoms with Crippen LogP contribution in [0, 0.1) is 64.1 Å². The van der Waals surface area contributed by atoms with Crippen molar-refractivity contribution in [1.29, 1.82) is 0 Å². The van der Waals surface area contributed by atoms with Gasteiger partial charge in [0.25, 0.3) is 0 Å². The van der Waals surface area contributed by atoms with Crippen LogP contribution in [0.15, 0.2) is 31.3 Å². The number of hydrogen-bond acceptors (Lipinski definition) is 10. The summed E-state index contributed by atoms with van der Waals surface area (Å²) in [5.41, 5.74) is -1.54. The van der Waals surface area contributed by atoms with Gasteiger partial charge in [-0.05, 0) is 138 Å². The van der Waals surface area contributed by atoms with Crippen LogP contribution in [-0.4, -0.2) is 45.2 Å². The number of aromatic nitrogens is 2. The molecule has 12 heteroatoms. The summed E-state index contributed by atoms with van der Waals surface area (Å²) in [6, 6.07) is 1.16. The molecule has 2 aromatic rings. The maximum absolute atomic E-state index is 15.0. The number of carbonyl (C=O) groups excluding carboxylic acids is 3. The number of hydrogen-bond donors (Lipinski definition) is 1. The second-order valence-electron chi connectivity index (χ2n) is 18.7. The number of ketones is 1. The van der Waals surface area contributed by atoms with Crippen molar-refractivity contribution >= 4 is 23.7 Å². The summed E-state index contributed by atoms with van der Waals surface area (Å²) in [6.07, 6.45) is 8.22. The van der Waals surface area contributed by atoms with Crippen LogP contribution in [-0.2, 0) is 30.5 Å². The van der Waals surface area contributed by atoms with Gasteiger partial charge in [-0.15, -0.1) is 0 Å². The molecule has 2 aromatic heterocycles. The number of aliphatic carboxylic acids is 1. The first kappa shape index (κ1) is 38.3. The van der Waals surface area contributed by atoms with Gasteiger partial charge in [-0.25, -0.2) is 9.59 Å². The number of allylic oxidation sites excluding steroid dienone is 2. The Kier molecular flexibility index (Phi) is 8.89. The van der Waals surface area contributed by atoms with Crippen LogP contribution < -0.4 is 5.82 Å². The highest BCUT2D eigenvalue weighted by Crippen LogP contribution is 2.76. The SMILES string of the molecule is CCOC(=O)c1cc(C)n([C@H]2CC[C@@]3(C)[C@@H](CC[C@]4(C)[C@@H]3C(=O)C=C3[C@@H]5C[C@@](C)(C(=O)O)CC[C@]5(C)CC[C@]34C)[C@]2(C)C(=O)OCc2oc(=O)oc2C)n1. The molecule has 7 rings (SSSR count). The third-order valence-corrected chi connectivity index (χ3v) is 16.0. The van der Waals surface area contributed by atoms with Gasteiger partial charge in [0.15, 0.2) is 29.6 Å². The van der Waals surface area contributed by atoms with Crippen molar-refractivity contribution < 1.29 is 42.6 Å². The minimum Gasteiger partial charge on any atom is -0.481 e. The summed E-state index contributed by atoms with van der Waals surface area (Å²) in [7, 11) is 0. The number of ether oxygens (including phenoxy) is 2. The molecule has 0 saturated heterocycles. The molecular weight excluding hydrogens is 692 g/mol. The van der Waals surface area contributed by atoms with E-state index in [0.29, 0.717) is 44.2 Å². The standard InChI is InChI=1S/C42H56N2O10/c1-10-51-33(46)27-19-23(2)44(43-27)31-12-13-39(6)30(42(31,9)35(49)52-22-29-24(3)53-36(50)54-29)11-14-41(8)32(39)28(45)20-25-26-21-38(5,34(47)48)16-15-37(26,4)17-18-40(25,41)7/h19-20,26,30-32H,10-18,21-22H2,1-9H3,(H,47,48)/t26-,30+,31-,32+,37+,38-,39-,40+,41+,42-/m0/s1. The van der Waals surface area contributed by atoms with E-state index in [1.165, 1.54) is 0 Å². The average molecular weight is 749 g/mol. The Hall–Kier alpha value is -3.96. The second kappa shape index (κ2) is 12.5. The molecule has 0 amide bonds. The van der Waals surface area contributed by atoms with Gasteiger partial charge in [-0.2, -0.15) is 5.10 Å². The lowest BCUT2D eigenvalue weighted by atomic mass is 9.33. The summed E-state index contributed by atoms with van der Waals surface area (Å²) in [6.45, 7) is 17.9. The number of rotatable bonds is 7. The first-order chi connectivity index (χ1) is 25.2. The molecule has 5 aliphatic rings. The molecule has 0 bridgehead atoms. The van der Waals surface area contributed by atoms with E-state index in [4.69, 9.17) is 23.4 Å². The number of carboxylic acid groups (broad SMARTS) is 1. The normalized spacial score (nSPS) is 40.0. The molecule has 0 aromatic carbocycles. The number of nitrogens with zero attached hydrogens (tertiary/aromatic N) is 2. The molecule has 0 aliphatic heterocycles. The monoisotopic (exact) mass is 748 g/mol. The van der Waals surface area contributed by atoms with E-state index in [1.807, 2.05) is 26.8 Å². The maximum atomic E-state index is 15.0. The fourth-order valence-electron chi connectivity index (χ4n) is 12.6. The summed E-state index contributed by atoms with van der Waals surface area (Å²) in [4.78, 5) is 67.0. The van der Waals surface area contributed by atoms with E-state index in [0.717, 1.165) is 24.8 Å². The fraction of sp³-hybridized carbons (Fsp3) is 0.714. The van der Waals surface area contributed by atoms with Crippen molar-refractivity contribution in [3.8, 4) is 0 Å². The molecule has 0 unspecified atom stereocenters. The van der Waals surface area contributed by atoms with Crippen LogP contribution in [0.4, 0.5) is 0 Å². The van der Waals surface area contributed by atoms with E-state index < -0.39 is 57.4 Å². The van der Waals surface area contributed by atoms with Crippen molar-refractivity contribution in [3.63, 3.8) is 0 Å². The van der Waals surface area contributed by atoms with Crippen LogP contribution in [0.5, 0.6) is 0 Å². The Bertz CT molecular complexity index is 2010. The maximum Gasteiger partial charge on any atom is 0.519 e. The number of carbonyl (C=O) groups is 4. The van der Waals surface area contributed by atoms with Crippen LogP contribution in [0.1, 0.15) is 140 Å². The molecule has 10 atom stereocenters. The lowest BCUT2D eigenvalue weighted by Gasteiger charge is -2.70. The first-order valence-corrected chi connectivity index (χ1v) is 19.7. The molecular formula is C42H56N2O10. The van der Waals surface area contributed by atoms with Crippen molar-refractivity contribution in [2.45, 2.75) is 133 Å². The van der Waals surface area contributed by atoms with Gasteiger partial charge in [-0.3, -0.25) is 19.1 Å². The van der Waals surface area contributed by atoms with E-state index in [2.05, 4.69) is 27.7 Å². The highest BCUT2D eigenvalue weighted by atomic mass is 16.6. The van der Waals surface area contributed by atoms with Gasteiger partial charge in [0.05, 0.1) is 23.5 Å². The van der Waals surface area contributed by atoms with Crippen LogP contribution in [0.2, 0.25) is 0 Å². The Morgan fingerprint density at radius 3 is 2.30 bits per heavy atom. The molecule has 54 heavy (non-hydrogen) atoms. The summed E-state index contributed by atoms with van der Waals surface area (Å²) in [5, 5.41) is 15.0. The minimum absolute atomic E-state index is 0.00264. The van der Waals surface area contributed by atoms with Gasteiger partial charge in [0.1, 0.15) is 0 Å². The van der Waals surface area contributed by atoms with Crippen molar-refractivity contribution in [2.75, 3.05) is 6.61 Å². The zero-order valence-corrected chi connectivity index (χ0v) is 33.3. The molecule has 12 nitrogen and oxygen atoms in total. The summed E-state index contributed by atoms with van der Waals surface area (Å²) in [5.74, 6) is -2.99. The lowest BCUT2D eigenvalue weighted by molar-refractivity contribution is -0.209. The van der Waals surface area contributed by atoms with Crippen LogP contribution in [0.3, 0.4) is 0 Å². The zero-order valence-electron chi connectivity index (χ0n) is 33.3. The third kappa shape index (κ3) is 5.27. The average Bonchev–Trinajstić information content (AvgIpc) is 3.64. The minimum atomic E-state index is -1.21. The Labute approximate surface area is 316 Å². The molecule has 2 heterocycles. The Morgan fingerprint density at radius 2 is 1.65 bits per heavy atom. The smallest absolute Gasteiger partial charge is 0.481 e. The number of carboxylic acids is 1.